The number of aromatic nitrogens is 8. The standard InChI is InChI=1S/C12H14N2.C12H16O2.C11H13NS.C9H7N.C9H10O2.C8H6N2.C8H8O.2C7H7NO.6C5H12/c2*1-12(2,3)9-4-5-10-11(8-9)14-7-6-13-10;1-11(2,3)8-4-5-10-9(6-8)12-7-13-10;1-2-6-9-8(4-1)5-3-7-10-9;1-9(2)10-7-5-3-4-6-8(7)11-9;1-3-7-4-2-6-10-8(7)9-5-1;1-2-4-8-7(3-1)5-6-9-8;1-2-7-6(8-4-1)3-5-9-7;1-2-6-3-5-9-7(6)8-4-1;6*1-5(2,3)4/h4-8H,1-3H3;4-5,8H,6-7H2,1-3H3;4-7H,1-3H3;1-7H;3-6H,1-2H3;1-6H;1-4H,5-6H2;2*1-2,4H,3,5H2;6*1-4H3. The van der Waals surface area contributed by atoms with Crippen molar-refractivity contribution >= 4 is 54.5 Å². The lowest BCUT2D eigenvalue weighted by Gasteiger charge is -2.23. The molecule has 0 amide bonds. The number of pyridine rings is 5. The molecular formula is C113H160N8O7S. The van der Waals surface area contributed by atoms with Gasteiger partial charge in [-0.1, -0.05) is 307 Å². The van der Waals surface area contributed by atoms with Gasteiger partial charge in [-0.25, -0.2) is 19.9 Å². The van der Waals surface area contributed by atoms with Crippen molar-refractivity contribution in [2.45, 2.75) is 284 Å². The molecule has 700 valence electrons. The molecule has 0 spiro atoms. The van der Waals surface area contributed by atoms with E-state index in [1.54, 1.807) is 48.5 Å². The van der Waals surface area contributed by atoms with Crippen molar-refractivity contribution in [1.29, 1.82) is 0 Å². The molecule has 0 fully saturated rings. The first kappa shape index (κ1) is 111. The average molecular weight is 1770 g/mol. The number of rotatable bonds is 0. The Morgan fingerprint density at radius 2 is 0.636 bits per heavy atom. The molecular weight excluding hydrogens is 1610 g/mol. The van der Waals surface area contributed by atoms with Crippen LogP contribution in [-0.2, 0) is 35.5 Å². The van der Waals surface area contributed by atoms with E-state index in [0.29, 0.717) is 45.7 Å². The van der Waals surface area contributed by atoms with Gasteiger partial charge >= 0.3 is 0 Å². The van der Waals surface area contributed by atoms with Gasteiger partial charge in [-0.05, 0) is 180 Å². The molecule has 16 heteroatoms. The molecule has 0 bridgehead atoms. The van der Waals surface area contributed by atoms with Crippen LogP contribution in [-0.4, -0.2) is 78.7 Å². The van der Waals surface area contributed by atoms with Crippen LogP contribution in [0.25, 0.3) is 43.2 Å². The number of ether oxygens (including phenoxy) is 7. The third kappa shape index (κ3) is 51.4. The first-order valence-electron chi connectivity index (χ1n) is 45.4. The molecule has 12 heterocycles. The van der Waals surface area contributed by atoms with Gasteiger partial charge < -0.3 is 33.2 Å². The Balaban J connectivity index is 0.000000293. The van der Waals surface area contributed by atoms with Crippen LogP contribution in [0, 0.1) is 32.5 Å². The minimum atomic E-state index is -0.496. The van der Waals surface area contributed by atoms with E-state index in [2.05, 4.69) is 335 Å². The molecule has 6 aromatic carbocycles. The van der Waals surface area contributed by atoms with Crippen molar-refractivity contribution in [2.75, 3.05) is 33.0 Å². The van der Waals surface area contributed by atoms with Crippen LogP contribution in [0.4, 0.5) is 0 Å². The number of hydrogen-bond donors (Lipinski definition) is 0. The molecule has 0 radical (unpaired) electrons. The SMILES string of the molecule is CC(C)(C)C.CC(C)(C)C.CC(C)(C)C.CC(C)(C)C.CC(C)(C)C.CC(C)(C)C.CC(C)(C)c1ccc2c(c1)OCCO2.CC(C)(C)c1ccc2nccnc2c1.CC(C)(C)c1ccc2scnc2c1.CC1(C)Oc2ccccc2O1.c1ccc2c(c1)CCO2.c1ccc2ncccc2c1.c1cnc2c(c1)CCO2.c1cnc2c(c1)OCC2.c1cnc2ncccc2c1. The molecule has 13 aromatic rings. The largest absolute Gasteiger partial charge is 0.493 e. The molecule has 0 saturated carbocycles. The maximum atomic E-state index is 5.53. The zero-order chi connectivity index (χ0) is 96.7. The van der Waals surface area contributed by atoms with Crippen molar-refractivity contribution < 1.29 is 33.2 Å². The van der Waals surface area contributed by atoms with Crippen molar-refractivity contribution in [2.24, 2.45) is 32.5 Å². The summed E-state index contributed by atoms with van der Waals surface area (Å²) in [6, 6.07) is 62.6. The highest BCUT2D eigenvalue weighted by Gasteiger charge is 2.31. The highest BCUT2D eigenvalue weighted by Crippen LogP contribution is 2.39. The third-order valence-electron chi connectivity index (χ3n) is 15.9. The van der Waals surface area contributed by atoms with E-state index in [4.69, 9.17) is 33.2 Å². The number of fused-ring (bicyclic) bond motifs is 9. The van der Waals surface area contributed by atoms with Gasteiger partial charge in [0.15, 0.2) is 28.6 Å². The maximum Gasteiger partial charge on any atom is 0.246 e. The van der Waals surface area contributed by atoms with E-state index in [0.717, 1.165) is 118 Å². The Kier molecular flexibility index (Phi) is 44.4. The first-order chi connectivity index (χ1) is 59.7. The van der Waals surface area contributed by atoms with E-state index < -0.39 is 5.79 Å². The van der Waals surface area contributed by atoms with Crippen LogP contribution in [0.15, 0.2) is 237 Å². The predicted molar refractivity (Wildman–Crippen MR) is 549 cm³/mol. The van der Waals surface area contributed by atoms with Gasteiger partial charge in [-0.15, -0.1) is 11.3 Å². The van der Waals surface area contributed by atoms with Crippen molar-refractivity contribution in [3.05, 3.63) is 270 Å². The molecule has 0 aliphatic carbocycles. The fraction of sp³-hybridized carbons (Fsp3) is 0.469. The summed E-state index contributed by atoms with van der Waals surface area (Å²) in [6.45, 7) is 79.9. The second-order valence-corrected chi connectivity index (χ2v) is 45.9. The Bertz CT molecular complexity index is 4820. The van der Waals surface area contributed by atoms with Gasteiger partial charge in [0, 0.05) is 92.8 Å². The summed E-state index contributed by atoms with van der Waals surface area (Å²) < 4.78 is 38.9. The van der Waals surface area contributed by atoms with E-state index in [9.17, 15) is 0 Å². The summed E-state index contributed by atoms with van der Waals surface area (Å²) in [6.07, 6.45) is 15.4. The lowest BCUT2D eigenvalue weighted by atomic mass is 9.87. The van der Waals surface area contributed by atoms with Gasteiger partial charge in [0.2, 0.25) is 11.7 Å². The van der Waals surface area contributed by atoms with Crippen LogP contribution in [0.3, 0.4) is 0 Å². The highest BCUT2D eigenvalue weighted by atomic mass is 32.1. The summed E-state index contributed by atoms with van der Waals surface area (Å²) in [5, 5.41) is 2.29. The van der Waals surface area contributed by atoms with Crippen molar-refractivity contribution in [1.82, 2.24) is 39.9 Å². The topological polar surface area (TPSA) is 168 Å². The molecule has 5 aliphatic rings. The first-order valence-corrected chi connectivity index (χ1v) is 46.3. The molecule has 129 heavy (non-hydrogen) atoms. The quantitative estimate of drug-likeness (QED) is 0.141. The van der Waals surface area contributed by atoms with Gasteiger partial charge in [0.25, 0.3) is 0 Å². The van der Waals surface area contributed by atoms with Gasteiger partial charge in [0.05, 0.1) is 57.8 Å². The van der Waals surface area contributed by atoms with Gasteiger partial charge in [-0.3, -0.25) is 19.9 Å². The van der Waals surface area contributed by atoms with Crippen molar-refractivity contribution in [3.8, 4) is 40.4 Å². The zero-order valence-electron chi connectivity index (χ0n) is 85.5. The lowest BCUT2D eigenvalue weighted by molar-refractivity contribution is -0.0431. The second kappa shape index (κ2) is 51.7. The number of thiazole rings is 1. The fourth-order valence-electron chi connectivity index (χ4n) is 10.5. The smallest absolute Gasteiger partial charge is 0.246 e. The lowest BCUT2D eigenvalue weighted by Crippen LogP contribution is -2.29. The molecule has 0 unspecified atom stereocenters. The fourth-order valence-corrected chi connectivity index (χ4v) is 11.1. The van der Waals surface area contributed by atoms with Gasteiger partial charge in [-0.2, -0.15) is 0 Å². The second-order valence-electron chi connectivity index (χ2n) is 45.0. The Morgan fingerprint density at radius 3 is 1.16 bits per heavy atom. The van der Waals surface area contributed by atoms with Crippen LogP contribution < -0.4 is 33.2 Å². The number of hydrogen-bond acceptors (Lipinski definition) is 16. The van der Waals surface area contributed by atoms with E-state index >= 15 is 0 Å². The maximum absolute atomic E-state index is 5.53. The minimum Gasteiger partial charge on any atom is -0.493 e. The minimum absolute atomic E-state index is 0.163. The molecule has 7 aromatic heterocycles. The van der Waals surface area contributed by atoms with E-state index in [1.165, 1.54) is 37.9 Å². The van der Waals surface area contributed by atoms with Crippen LogP contribution >= 0.6 is 11.3 Å². The molecule has 18 rings (SSSR count). The molecule has 0 saturated heterocycles. The van der Waals surface area contributed by atoms with Gasteiger partial charge in [0.1, 0.15) is 24.7 Å². The Labute approximate surface area is 782 Å². The zero-order valence-corrected chi connectivity index (χ0v) is 86.3. The normalized spacial score (nSPS) is 13.2. The summed E-state index contributed by atoms with van der Waals surface area (Å²) in [4.78, 5) is 33.3. The van der Waals surface area contributed by atoms with E-state index in [-0.39, 0.29) is 16.2 Å². The van der Waals surface area contributed by atoms with Crippen molar-refractivity contribution in [3.63, 3.8) is 0 Å². The summed E-state index contributed by atoms with van der Waals surface area (Å²) in [5.41, 5.74) is 18.0. The molecule has 0 atom stereocenters. The molecule has 15 nitrogen and oxygen atoms in total. The average Bonchev–Trinajstić information content (AvgIpc) is 1.74. The molecule has 0 N–H and O–H groups in total. The Hall–Kier alpha value is -10.6. The highest BCUT2D eigenvalue weighted by molar-refractivity contribution is 7.16. The van der Waals surface area contributed by atoms with E-state index in [1.807, 2.05) is 147 Å². The third-order valence-corrected chi connectivity index (χ3v) is 16.7. The monoisotopic (exact) mass is 1770 g/mol. The number of benzene rings is 6. The van der Waals surface area contributed by atoms with Crippen LogP contribution in [0.1, 0.15) is 276 Å². The number of nitrogens with zero attached hydrogens (tertiary/aromatic N) is 8. The summed E-state index contributed by atoms with van der Waals surface area (Å²) >= 11 is 1.70. The van der Waals surface area contributed by atoms with Crippen LogP contribution in [0.5, 0.6) is 40.4 Å². The summed E-state index contributed by atoms with van der Waals surface area (Å²) in [7, 11) is 0. The van der Waals surface area contributed by atoms with Crippen LogP contribution in [0.2, 0.25) is 0 Å². The Morgan fingerprint density at radius 1 is 0.264 bits per heavy atom. The molecule has 5 aliphatic heterocycles. The summed E-state index contributed by atoms with van der Waals surface area (Å²) in [5.74, 6) is 5.75. The predicted octanol–water partition coefficient (Wildman–Crippen LogP) is 31.3. The number of para-hydroxylation sites is 4.